The third-order valence-corrected chi connectivity index (χ3v) is 3.88. The quantitative estimate of drug-likeness (QED) is 0.732. The van der Waals surface area contributed by atoms with Crippen LogP contribution in [0.25, 0.3) is 5.69 Å². The Morgan fingerprint density at radius 2 is 2.00 bits per heavy atom. The number of allylic oxidation sites excluding steroid dienone is 1. The highest BCUT2D eigenvalue weighted by molar-refractivity contribution is 5.41. The summed E-state index contributed by atoms with van der Waals surface area (Å²) < 4.78 is 2.10. The van der Waals surface area contributed by atoms with Crippen molar-refractivity contribution in [3.8, 4) is 5.69 Å². The molecule has 0 bridgehead atoms. The molecule has 1 aromatic carbocycles. The Bertz CT molecular complexity index is 593. The second-order valence-corrected chi connectivity index (χ2v) is 5.21. The van der Waals surface area contributed by atoms with Crippen molar-refractivity contribution in [2.24, 2.45) is 5.92 Å². The molecule has 1 aliphatic carbocycles. The van der Waals surface area contributed by atoms with Crippen molar-refractivity contribution in [2.75, 3.05) is 0 Å². The summed E-state index contributed by atoms with van der Waals surface area (Å²) in [4.78, 5) is 0. The Hall–Kier alpha value is -1.83. The third kappa shape index (κ3) is 1.69. The average Bonchev–Trinajstić information content (AvgIpc) is 2.92. The number of aryl methyl sites for hydroxylation is 1. The number of hydrogen-bond donors (Lipinski definition) is 0. The molecule has 0 fully saturated rings. The van der Waals surface area contributed by atoms with Gasteiger partial charge in [-0.2, -0.15) is 5.10 Å². The van der Waals surface area contributed by atoms with Crippen molar-refractivity contribution in [3.05, 3.63) is 59.4 Å². The summed E-state index contributed by atoms with van der Waals surface area (Å²) in [6.07, 6.45) is 2.17. The molecule has 1 atom stereocenters. The van der Waals surface area contributed by atoms with Crippen LogP contribution in [0.1, 0.15) is 23.9 Å². The van der Waals surface area contributed by atoms with Crippen LogP contribution in [-0.2, 0) is 12.8 Å². The number of fused-ring (bicyclic) bond motifs is 1. The maximum absolute atomic E-state index is 4.68. The van der Waals surface area contributed by atoms with Crippen LogP contribution in [0.5, 0.6) is 0 Å². The summed E-state index contributed by atoms with van der Waals surface area (Å²) in [6.45, 7) is 8.34. The van der Waals surface area contributed by atoms with E-state index < -0.39 is 0 Å². The molecule has 0 spiro atoms. The molecule has 3 rings (SSSR count). The monoisotopic (exact) mass is 238 g/mol. The normalized spacial score (nSPS) is 17.8. The minimum Gasteiger partial charge on any atom is -0.237 e. The van der Waals surface area contributed by atoms with E-state index in [0.29, 0.717) is 5.92 Å². The van der Waals surface area contributed by atoms with E-state index in [1.807, 2.05) is 6.07 Å². The van der Waals surface area contributed by atoms with E-state index in [1.165, 1.54) is 16.8 Å². The van der Waals surface area contributed by atoms with Crippen LogP contribution >= 0.6 is 0 Å². The first-order valence-electron chi connectivity index (χ1n) is 6.45. The van der Waals surface area contributed by atoms with Crippen molar-refractivity contribution < 1.29 is 0 Å². The van der Waals surface area contributed by atoms with Gasteiger partial charge in [-0.1, -0.05) is 30.4 Å². The summed E-state index contributed by atoms with van der Waals surface area (Å²) in [6, 6.07) is 10.4. The van der Waals surface area contributed by atoms with Crippen LogP contribution in [0.2, 0.25) is 0 Å². The van der Waals surface area contributed by atoms with E-state index in [9.17, 15) is 0 Å². The molecule has 0 radical (unpaired) electrons. The molecular formula is C16H18N2. The van der Waals surface area contributed by atoms with Gasteiger partial charge in [0, 0.05) is 5.69 Å². The summed E-state index contributed by atoms with van der Waals surface area (Å²) >= 11 is 0. The van der Waals surface area contributed by atoms with Gasteiger partial charge in [0.1, 0.15) is 0 Å². The molecule has 2 aromatic rings. The number of para-hydroxylation sites is 1. The number of rotatable bonds is 2. The van der Waals surface area contributed by atoms with Gasteiger partial charge in [-0.3, -0.25) is 0 Å². The van der Waals surface area contributed by atoms with Gasteiger partial charge < -0.3 is 0 Å². The molecule has 2 heteroatoms. The van der Waals surface area contributed by atoms with Crippen LogP contribution in [0, 0.1) is 12.8 Å². The first kappa shape index (κ1) is 11.3. The molecule has 0 unspecified atom stereocenters. The Morgan fingerprint density at radius 3 is 2.67 bits per heavy atom. The van der Waals surface area contributed by atoms with Crippen molar-refractivity contribution in [1.82, 2.24) is 9.78 Å². The topological polar surface area (TPSA) is 17.8 Å². The number of benzene rings is 1. The Balaban J connectivity index is 2.06. The van der Waals surface area contributed by atoms with Gasteiger partial charge in [-0.05, 0) is 50.3 Å². The fraction of sp³-hybridized carbons (Fsp3) is 0.312. The molecule has 1 heterocycles. The SMILES string of the molecule is C=C(C)[C@@H]1Cc2c(C)nn(-c3ccccc3)c2C1. The van der Waals surface area contributed by atoms with Gasteiger partial charge in [0.25, 0.3) is 0 Å². The number of nitrogens with zero attached hydrogens (tertiary/aromatic N) is 2. The zero-order valence-electron chi connectivity index (χ0n) is 11.0. The summed E-state index contributed by atoms with van der Waals surface area (Å²) in [5.41, 5.74) is 6.39. The Morgan fingerprint density at radius 1 is 1.28 bits per heavy atom. The van der Waals surface area contributed by atoms with E-state index in [4.69, 9.17) is 0 Å². The molecule has 0 amide bonds. The lowest BCUT2D eigenvalue weighted by atomic mass is 9.99. The summed E-state index contributed by atoms with van der Waals surface area (Å²) in [5, 5.41) is 4.68. The van der Waals surface area contributed by atoms with Crippen molar-refractivity contribution in [2.45, 2.75) is 26.7 Å². The lowest BCUT2D eigenvalue weighted by Gasteiger charge is -2.10. The fourth-order valence-corrected chi connectivity index (χ4v) is 2.77. The minimum absolute atomic E-state index is 0.590. The predicted octanol–water partition coefficient (Wildman–Crippen LogP) is 3.47. The fourth-order valence-electron chi connectivity index (χ4n) is 2.77. The number of hydrogen-bond acceptors (Lipinski definition) is 1. The molecule has 18 heavy (non-hydrogen) atoms. The van der Waals surface area contributed by atoms with Gasteiger partial charge in [0.05, 0.1) is 11.4 Å². The zero-order chi connectivity index (χ0) is 12.7. The Labute approximate surface area is 108 Å². The third-order valence-electron chi connectivity index (χ3n) is 3.88. The highest BCUT2D eigenvalue weighted by atomic mass is 15.3. The van der Waals surface area contributed by atoms with Crippen molar-refractivity contribution in [1.29, 1.82) is 0 Å². The zero-order valence-corrected chi connectivity index (χ0v) is 11.0. The predicted molar refractivity (Wildman–Crippen MR) is 74.0 cm³/mol. The van der Waals surface area contributed by atoms with Crippen LogP contribution in [0.4, 0.5) is 0 Å². The molecule has 0 aliphatic heterocycles. The highest BCUT2D eigenvalue weighted by Crippen LogP contribution is 2.33. The van der Waals surface area contributed by atoms with Crippen LogP contribution in [-0.4, -0.2) is 9.78 Å². The van der Waals surface area contributed by atoms with Gasteiger partial charge in [-0.15, -0.1) is 0 Å². The van der Waals surface area contributed by atoms with E-state index in [-0.39, 0.29) is 0 Å². The van der Waals surface area contributed by atoms with E-state index in [2.05, 4.69) is 54.5 Å². The van der Waals surface area contributed by atoms with Gasteiger partial charge >= 0.3 is 0 Å². The van der Waals surface area contributed by atoms with Crippen molar-refractivity contribution in [3.63, 3.8) is 0 Å². The second-order valence-electron chi connectivity index (χ2n) is 5.21. The van der Waals surface area contributed by atoms with Crippen molar-refractivity contribution >= 4 is 0 Å². The molecular weight excluding hydrogens is 220 g/mol. The minimum atomic E-state index is 0.590. The van der Waals surface area contributed by atoms with Gasteiger partial charge in [0.15, 0.2) is 0 Å². The Kier molecular flexibility index (Phi) is 2.58. The second kappa shape index (κ2) is 4.13. The molecule has 2 nitrogen and oxygen atoms in total. The maximum Gasteiger partial charge on any atom is 0.0649 e. The smallest absolute Gasteiger partial charge is 0.0649 e. The summed E-state index contributed by atoms with van der Waals surface area (Å²) in [7, 11) is 0. The van der Waals surface area contributed by atoms with E-state index >= 15 is 0 Å². The maximum atomic E-state index is 4.68. The summed E-state index contributed by atoms with van der Waals surface area (Å²) in [5.74, 6) is 0.590. The van der Waals surface area contributed by atoms with E-state index in [0.717, 1.165) is 24.2 Å². The first-order valence-corrected chi connectivity index (χ1v) is 6.45. The van der Waals surface area contributed by atoms with Crippen LogP contribution in [0.3, 0.4) is 0 Å². The lowest BCUT2D eigenvalue weighted by molar-refractivity contribution is 0.631. The standard InChI is InChI=1S/C16H18N2/c1-11(2)13-9-15-12(3)17-18(16(15)10-13)14-7-5-4-6-8-14/h4-8,13H,1,9-10H2,2-3H3/t13-/m1/s1. The lowest BCUT2D eigenvalue weighted by Crippen LogP contribution is -2.06. The average molecular weight is 238 g/mol. The molecule has 92 valence electrons. The van der Waals surface area contributed by atoms with Gasteiger partial charge in [0.2, 0.25) is 0 Å². The number of aromatic nitrogens is 2. The molecule has 1 aliphatic rings. The molecule has 0 N–H and O–H groups in total. The molecule has 0 saturated heterocycles. The highest BCUT2D eigenvalue weighted by Gasteiger charge is 2.28. The van der Waals surface area contributed by atoms with Crippen LogP contribution < -0.4 is 0 Å². The first-order chi connectivity index (χ1) is 8.66. The molecule has 0 saturated carbocycles. The van der Waals surface area contributed by atoms with E-state index in [1.54, 1.807) is 0 Å². The largest absolute Gasteiger partial charge is 0.237 e. The van der Waals surface area contributed by atoms with Crippen LogP contribution in [0.15, 0.2) is 42.5 Å². The van der Waals surface area contributed by atoms with Gasteiger partial charge in [-0.25, -0.2) is 4.68 Å². The molecule has 1 aromatic heterocycles.